The number of benzene rings is 1. The van der Waals surface area contributed by atoms with Gasteiger partial charge in [0.1, 0.15) is 0 Å². The summed E-state index contributed by atoms with van der Waals surface area (Å²) in [4.78, 5) is 2.32. The van der Waals surface area contributed by atoms with Gasteiger partial charge in [-0.2, -0.15) is 5.10 Å². The fourth-order valence-corrected chi connectivity index (χ4v) is 3.38. The zero-order valence-corrected chi connectivity index (χ0v) is 14.6. The molecule has 1 aromatic carbocycles. The van der Waals surface area contributed by atoms with E-state index in [2.05, 4.69) is 40.5 Å². The highest BCUT2D eigenvalue weighted by Gasteiger charge is 2.32. The van der Waals surface area contributed by atoms with E-state index < -0.39 is 5.60 Å². The van der Waals surface area contributed by atoms with Crippen LogP contribution in [0.1, 0.15) is 29.7 Å². The lowest BCUT2D eigenvalue weighted by Gasteiger charge is -2.37. The number of hydrogen-bond acceptors (Lipinski definition) is 4. The van der Waals surface area contributed by atoms with Crippen molar-refractivity contribution in [3.05, 3.63) is 53.3 Å². The normalized spacial score (nSPS) is 17.3. The molecule has 1 fully saturated rings. The number of aryl methyl sites for hydroxylation is 2. The average Bonchev–Trinajstić information content (AvgIpc) is 2.86. The fraction of sp³-hybridized carbons (Fsp3) is 0.526. The highest BCUT2D eigenvalue weighted by atomic mass is 16.5. The fourth-order valence-electron chi connectivity index (χ4n) is 3.38. The van der Waals surface area contributed by atoms with Gasteiger partial charge in [0.15, 0.2) is 0 Å². The van der Waals surface area contributed by atoms with E-state index in [0.29, 0.717) is 32.6 Å². The quantitative estimate of drug-likeness (QED) is 0.883. The second-order valence-corrected chi connectivity index (χ2v) is 6.88. The van der Waals surface area contributed by atoms with Crippen molar-refractivity contribution in [1.29, 1.82) is 0 Å². The Morgan fingerprint density at radius 2 is 1.92 bits per heavy atom. The Kier molecular flexibility index (Phi) is 5.33. The third-order valence-electron chi connectivity index (χ3n) is 4.70. The van der Waals surface area contributed by atoms with Crippen molar-refractivity contribution in [2.45, 2.75) is 38.5 Å². The molecular weight excluding hydrogens is 302 g/mol. The zero-order chi connectivity index (χ0) is 17.0. The van der Waals surface area contributed by atoms with Crippen LogP contribution in [-0.4, -0.2) is 45.1 Å². The first-order chi connectivity index (χ1) is 11.5. The van der Waals surface area contributed by atoms with E-state index >= 15 is 0 Å². The molecule has 1 aliphatic rings. The van der Waals surface area contributed by atoms with Gasteiger partial charge in [-0.3, -0.25) is 9.58 Å². The van der Waals surface area contributed by atoms with Gasteiger partial charge < -0.3 is 9.84 Å². The Morgan fingerprint density at radius 3 is 2.54 bits per heavy atom. The first-order valence-electron chi connectivity index (χ1n) is 8.60. The minimum Gasteiger partial charge on any atom is -0.388 e. The maximum Gasteiger partial charge on any atom is 0.0818 e. The molecule has 130 valence electrons. The van der Waals surface area contributed by atoms with Crippen LogP contribution in [0.25, 0.3) is 0 Å². The summed E-state index contributed by atoms with van der Waals surface area (Å²) in [6.45, 7) is 5.58. The van der Waals surface area contributed by atoms with Crippen molar-refractivity contribution in [2.75, 3.05) is 19.8 Å². The molecule has 1 saturated heterocycles. The summed E-state index contributed by atoms with van der Waals surface area (Å²) >= 11 is 0. The van der Waals surface area contributed by atoms with Gasteiger partial charge in [-0.25, -0.2) is 0 Å². The largest absolute Gasteiger partial charge is 0.388 e. The molecule has 0 aliphatic carbocycles. The summed E-state index contributed by atoms with van der Waals surface area (Å²) in [6.07, 6.45) is 3.47. The number of nitrogens with zero attached hydrogens (tertiary/aromatic N) is 3. The highest BCUT2D eigenvalue weighted by molar-refractivity contribution is 5.17. The molecule has 0 amide bonds. The molecule has 0 radical (unpaired) electrons. The van der Waals surface area contributed by atoms with Gasteiger partial charge in [-0.1, -0.05) is 30.3 Å². The zero-order valence-electron chi connectivity index (χ0n) is 14.6. The molecule has 2 heterocycles. The lowest BCUT2D eigenvalue weighted by molar-refractivity contribution is -0.0821. The lowest BCUT2D eigenvalue weighted by Crippen LogP contribution is -2.46. The monoisotopic (exact) mass is 329 g/mol. The van der Waals surface area contributed by atoms with Crippen molar-refractivity contribution in [2.24, 2.45) is 7.05 Å². The van der Waals surface area contributed by atoms with E-state index in [-0.39, 0.29) is 0 Å². The minimum atomic E-state index is -0.664. The van der Waals surface area contributed by atoms with Crippen LogP contribution in [0.3, 0.4) is 0 Å². The average molecular weight is 329 g/mol. The van der Waals surface area contributed by atoms with Gasteiger partial charge in [-0.05, 0) is 12.5 Å². The van der Waals surface area contributed by atoms with Gasteiger partial charge in [-0.15, -0.1) is 0 Å². The number of aromatic nitrogens is 2. The Balaban J connectivity index is 1.76. The molecule has 2 aromatic rings. The van der Waals surface area contributed by atoms with Crippen LogP contribution in [-0.2, 0) is 24.9 Å². The van der Waals surface area contributed by atoms with Crippen molar-refractivity contribution in [1.82, 2.24) is 14.7 Å². The second-order valence-electron chi connectivity index (χ2n) is 6.88. The molecule has 0 bridgehead atoms. The van der Waals surface area contributed by atoms with Crippen molar-refractivity contribution in [3.8, 4) is 0 Å². The third kappa shape index (κ3) is 4.44. The smallest absolute Gasteiger partial charge is 0.0818 e. The van der Waals surface area contributed by atoms with E-state index in [1.807, 2.05) is 24.7 Å². The van der Waals surface area contributed by atoms with Gasteiger partial charge in [0.25, 0.3) is 0 Å². The van der Waals surface area contributed by atoms with Crippen LogP contribution < -0.4 is 0 Å². The van der Waals surface area contributed by atoms with Crippen LogP contribution in [0.4, 0.5) is 0 Å². The van der Waals surface area contributed by atoms with E-state index in [4.69, 9.17) is 4.74 Å². The SMILES string of the molecule is Cc1nn(C)cc1CN(Cc1ccccc1)CC1(O)CCOCC1. The highest BCUT2D eigenvalue weighted by Crippen LogP contribution is 2.24. The molecule has 1 N–H and O–H groups in total. The topological polar surface area (TPSA) is 50.5 Å². The van der Waals surface area contributed by atoms with Gasteiger partial charge in [0.2, 0.25) is 0 Å². The summed E-state index contributed by atoms with van der Waals surface area (Å²) in [5, 5.41) is 15.4. The van der Waals surface area contributed by atoms with E-state index in [1.165, 1.54) is 11.1 Å². The molecule has 0 saturated carbocycles. The molecule has 0 unspecified atom stereocenters. The lowest BCUT2D eigenvalue weighted by atomic mass is 9.93. The predicted molar refractivity (Wildman–Crippen MR) is 93.5 cm³/mol. The van der Waals surface area contributed by atoms with Crippen LogP contribution in [0.15, 0.2) is 36.5 Å². The predicted octanol–water partition coefficient (Wildman–Crippen LogP) is 2.27. The Bertz CT molecular complexity index is 648. The molecule has 1 aliphatic heterocycles. The second kappa shape index (κ2) is 7.47. The Labute approximate surface area is 143 Å². The third-order valence-corrected chi connectivity index (χ3v) is 4.70. The number of ether oxygens (including phenoxy) is 1. The molecule has 3 rings (SSSR count). The van der Waals surface area contributed by atoms with Gasteiger partial charge in [0, 0.05) is 64.5 Å². The summed E-state index contributed by atoms with van der Waals surface area (Å²) in [6, 6.07) is 10.4. The summed E-state index contributed by atoms with van der Waals surface area (Å²) < 4.78 is 7.27. The Hall–Kier alpha value is -1.69. The first kappa shape index (κ1) is 17.1. The van der Waals surface area contributed by atoms with Crippen LogP contribution >= 0.6 is 0 Å². The number of hydrogen-bond donors (Lipinski definition) is 1. The first-order valence-corrected chi connectivity index (χ1v) is 8.60. The van der Waals surface area contributed by atoms with E-state index in [1.54, 1.807) is 0 Å². The molecule has 24 heavy (non-hydrogen) atoms. The van der Waals surface area contributed by atoms with Crippen LogP contribution in [0.5, 0.6) is 0 Å². The molecule has 1 aromatic heterocycles. The minimum absolute atomic E-state index is 0.640. The van der Waals surface area contributed by atoms with E-state index in [0.717, 1.165) is 18.8 Å². The molecule has 0 atom stereocenters. The summed E-state index contributed by atoms with van der Waals surface area (Å²) in [7, 11) is 1.95. The van der Waals surface area contributed by atoms with E-state index in [9.17, 15) is 5.11 Å². The van der Waals surface area contributed by atoms with Crippen LogP contribution in [0, 0.1) is 6.92 Å². The standard InChI is InChI=1S/C19H27N3O2/c1-16-18(13-21(2)20-16)14-22(12-17-6-4-3-5-7-17)15-19(23)8-10-24-11-9-19/h3-7,13,23H,8-12,14-15H2,1-2H3. The number of aliphatic hydroxyl groups is 1. The number of rotatable bonds is 6. The van der Waals surface area contributed by atoms with Crippen LogP contribution in [0.2, 0.25) is 0 Å². The van der Waals surface area contributed by atoms with Gasteiger partial charge >= 0.3 is 0 Å². The summed E-state index contributed by atoms with van der Waals surface area (Å²) in [5.74, 6) is 0. The Morgan fingerprint density at radius 1 is 1.21 bits per heavy atom. The molecule has 0 spiro atoms. The van der Waals surface area contributed by atoms with Crippen molar-refractivity contribution in [3.63, 3.8) is 0 Å². The summed E-state index contributed by atoms with van der Waals surface area (Å²) in [5.41, 5.74) is 2.86. The van der Waals surface area contributed by atoms with Gasteiger partial charge in [0.05, 0.1) is 11.3 Å². The van der Waals surface area contributed by atoms with Crippen molar-refractivity contribution >= 4 is 0 Å². The molecular formula is C19H27N3O2. The molecule has 5 heteroatoms. The van der Waals surface area contributed by atoms with Crippen molar-refractivity contribution < 1.29 is 9.84 Å². The maximum atomic E-state index is 10.9. The molecule has 5 nitrogen and oxygen atoms in total. The maximum absolute atomic E-state index is 10.9.